The van der Waals surface area contributed by atoms with Gasteiger partial charge in [-0.2, -0.15) is 5.10 Å². The zero-order chi connectivity index (χ0) is 12.3. The summed E-state index contributed by atoms with van der Waals surface area (Å²) in [6.45, 7) is 3.11. The lowest BCUT2D eigenvalue weighted by Gasteiger charge is -2.17. The first-order valence-corrected chi connectivity index (χ1v) is 5.47. The standard InChI is InChI=1S/C12H16N4O/c1-9-10(5-6-17-9)8-16(2)12-4-3-11(7-13)14-15-12/h3-6H,7-8,13H2,1-2H3. The summed E-state index contributed by atoms with van der Waals surface area (Å²) in [4.78, 5) is 2.02. The summed E-state index contributed by atoms with van der Waals surface area (Å²) in [5.74, 6) is 1.76. The molecular formula is C12H16N4O. The molecule has 90 valence electrons. The molecule has 5 heteroatoms. The van der Waals surface area contributed by atoms with Crippen LogP contribution >= 0.6 is 0 Å². The van der Waals surface area contributed by atoms with E-state index in [1.165, 1.54) is 0 Å². The summed E-state index contributed by atoms with van der Waals surface area (Å²) in [5.41, 5.74) is 7.42. The fraction of sp³-hybridized carbons (Fsp3) is 0.333. The second kappa shape index (κ2) is 4.97. The molecule has 0 saturated heterocycles. The molecule has 5 nitrogen and oxygen atoms in total. The van der Waals surface area contributed by atoms with Crippen LogP contribution in [0.5, 0.6) is 0 Å². The zero-order valence-electron chi connectivity index (χ0n) is 10.1. The summed E-state index contributed by atoms with van der Waals surface area (Å²) < 4.78 is 5.26. The van der Waals surface area contributed by atoms with Crippen molar-refractivity contribution >= 4 is 5.82 Å². The van der Waals surface area contributed by atoms with Crippen molar-refractivity contribution in [3.63, 3.8) is 0 Å². The Balaban J connectivity index is 2.09. The van der Waals surface area contributed by atoms with Crippen LogP contribution in [0.15, 0.2) is 28.9 Å². The highest BCUT2D eigenvalue weighted by Gasteiger charge is 2.07. The van der Waals surface area contributed by atoms with Crippen LogP contribution in [0, 0.1) is 6.92 Å². The maximum atomic E-state index is 5.48. The third kappa shape index (κ3) is 2.62. The van der Waals surface area contributed by atoms with E-state index in [1.54, 1.807) is 6.26 Å². The molecule has 17 heavy (non-hydrogen) atoms. The summed E-state index contributed by atoms with van der Waals surface area (Å²) >= 11 is 0. The Hall–Kier alpha value is -1.88. The number of anilines is 1. The first-order valence-electron chi connectivity index (χ1n) is 5.47. The molecule has 2 aromatic heterocycles. The molecule has 0 radical (unpaired) electrons. The van der Waals surface area contributed by atoms with Gasteiger partial charge in [-0.25, -0.2) is 0 Å². The van der Waals surface area contributed by atoms with Crippen LogP contribution in [0.1, 0.15) is 17.0 Å². The van der Waals surface area contributed by atoms with Crippen LogP contribution in [-0.2, 0) is 13.1 Å². The largest absolute Gasteiger partial charge is 0.469 e. The van der Waals surface area contributed by atoms with Crippen LogP contribution in [0.25, 0.3) is 0 Å². The van der Waals surface area contributed by atoms with Gasteiger partial charge in [0.25, 0.3) is 0 Å². The van der Waals surface area contributed by atoms with Gasteiger partial charge in [0.1, 0.15) is 5.76 Å². The minimum Gasteiger partial charge on any atom is -0.469 e. The van der Waals surface area contributed by atoms with Gasteiger partial charge in [-0.15, -0.1) is 5.10 Å². The van der Waals surface area contributed by atoms with E-state index in [0.29, 0.717) is 6.54 Å². The molecule has 0 aromatic carbocycles. The molecule has 0 fully saturated rings. The van der Waals surface area contributed by atoms with Gasteiger partial charge in [0.15, 0.2) is 5.82 Å². The van der Waals surface area contributed by atoms with E-state index in [0.717, 1.165) is 29.4 Å². The normalized spacial score (nSPS) is 10.5. The van der Waals surface area contributed by atoms with Crippen molar-refractivity contribution in [1.82, 2.24) is 10.2 Å². The average molecular weight is 232 g/mol. The Morgan fingerprint density at radius 2 is 2.12 bits per heavy atom. The van der Waals surface area contributed by atoms with Crippen molar-refractivity contribution < 1.29 is 4.42 Å². The van der Waals surface area contributed by atoms with Crippen LogP contribution < -0.4 is 10.6 Å². The first kappa shape index (κ1) is 11.6. The number of nitrogens with zero attached hydrogens (tertiary/aromatic N) is 3. The molecule has 2 N–H and O–H groups in total. The van der Waals surface area contributed by atoms with E-state index in [9.17, 15) is 0 Å². The molecule has 2 heterocycles. The Bertz CT molecular complexity index is 478. The highest BCUT2D eigenvalue weighted by molar-refractivity contribution is 5.37. The molecular weight excluding hydrogens is 216 g/mol. The summed E-state index contributed by atoms with van der Waals surface area (Å²) in [7, 11) is 1.97. The lowest BCUT2D eigenvalue weighted by Crippen LogP contribution is -2.18. The number of hydrogen-bond acceptors (Lipinski definition) is 5. The van der Waals surface area contributed by atoms with E-state index in [-0.39, 0.29) is 0 Å². The van der Waals surface area contributed by atoms with Gasteiger partial charge in [-0.05, 0) is 25.1 Å². The van der Waals surface area contributed by atoms with Crippen LogP contribution in [-0.4, -0.2) is 17.2 Å². The van der Waals surface area contributed by atoms with Crippen molar-refractivity contribution in [2.45, 2.75) is 20.0 Å². The fourth-order valence-corrected chi connectivity index (χ4v) is 1.58. The maximum absolute atomic E-state index is 5.48. The third-order valence-corrected chi connectivity index (χ3v) is 2.68. The molecule has 2 rings (SSSR count). The van der Waals surface area contributed by atoms with Gasteiger partial charge in [-0.1, -0.05) is 0 Å². The quantitative estimate of drug-likeness (QED) is 0.864. The van der Waals surface area contributed by atoms with E-state index in [4.69, 9.17) is 10.2 Å². The number of furan rings is 1. The van der Waals surface area contributed by atoms with Gasteiger partial charge in [-0.3, -0.25) is 0 Å². The van der Waals surface area contributed by atoms with Crippen molar-refractivity contribution in [2.75, 3.05) is 11.9 Å². The highest BCUT2D eigenvalue weighted by Crippen LogP contribution is 2.15. The third-order valence-electron chi connectivity index (χ3n) is 2.68. The first-order chi connectivity index (χ1) is 8.20. The molecule has 0 amide bonds. The van der Waals surface area contributed by atoms with Gasteiger partial charge in [0.05, 0.1) is 12.0 Å². The average Bonchev–Trinajstić information content (AvgIpc) is 2.75. The SMILES string of the molecule is Cc1occc1CN(C)c1ccc(CN)nn1. The van der Waals surface area contributed by atoms with Gasteiger partial charge in [0, 0.05) is 25.7 Å². The Morgan fingerprint density at radius 1 is 1.29 bits per heavy atom. The molecule has 0 atom stereocenters. The van der Waals surface area contributed by atoms with Crippen LogP contribution in [0.2, 0.25) is 0 Å². The number of rotatable bonds is 4. The van der Waals surface area contributed by atoms with Crippen molar-refractivity contribution in [1.29, 1.82) is 0 Å². The molecule has 0 aliphatic rings. The molecule has 0 aliphatic heterocycles. The van der Waals surface area contributed by atoms with Gasteiger partial charge < -0.3 is 15.1 Å². The van der Waals surface area contributed by atoms with Crippen LogP contribution in [0.3, 0.4) is 0 Å². The Morgan fingerprint density at radius 3 is 2.65 bits per heavy atom. The molecule has 0 unspecified atom stereocenters. The molecule has 0 spiro atoms. The lowest BCUT2D eigenvalue weighted by atomic mass is 10.2. The van der Waals surface area contributed by atoms with Crippen LogP contribution in [0.4, 0.5) is 5.82 Å². The van der Waals surface area contributed by atoms with Crippen molar-refractivity contribution in [3.8, 4) is 0 Å². The predicted molar refractivity (Wildman–Crippen MR) is 65.5 cm³/mol. The second-order valence-corrected chi connectivity index (χ2v) is 3.95. The molecule has 2 aromatic rings. The molecule has 0 bridgehead atoms. The van der Waals surface area contributed by atoms with E-state index in [2.05, 4.69) is 10.2 Å². The fourth-order valence-electron chi connectivity index (χ4n) is 1.58. The van der Waals surface area contributed by atoms with E-state index >= 15 is 0 Å². The van der Waals surface area contributed by atoms with Gasteiger partial charge >= 0.3 is 0 Å². The topological polar surface area (TPSA) is 68.2 Å². The number of hydrogen-bond donors (Lipinski definition) is 1. The molecule has 0 aliphatic carbocycles. The zero-order valence-corrected chi connectivity index (χ0v) is 10.1. The minimum absolute atomic E-state index is 0.415. The smallest absolute Gasteiger partial charge is 0.151 e. The number of aryl methyl sites for hydroxylation is 1. The van der Waals surface area contributed by atoms with Crippen molar-refractivity contribution in [3.05, 3.63) is 41.5 Å². The summed E-state index contributed by atoms with van der Waals surface area (Å²) in [6.07, 6.45) is 1.70. The minimum atomic E-state index is 0.415. The molecule has 0 saturated carbocycles. The van der Waals surface area contributed by atoms with Gasteiger partial charge in [0.2, 0.25) is 0 Å². The van der Waals surface area contributed by atoms with E-state index in [1.807, 2.05) is 37.1 Å². The number of aromatic nitrogens is 2. The Labute approximate surface area is 100 Å². The predicted octanol–water partition coefficient (Wildman–Crippen LogP) is 1.47. The lowest BCUT2D eigenvalue weighted by molar-refractivity contribution is 0.529. The monoisotopic (exact) mass is 232 g/mol. The summed E-state index contributed by atoms with van der Waals surface area (Å²) in [6, 6.07) is 5.78. The maximum Gasteiger partial charge on any atom is 0.151 e. The Kier molecular flexibility index (Phi) is 3.39. The number of nitrogens with two attached hydrogens (primary N) is 1. The second-order valence-electron chi connectivity index (χ2n) is 3.95. The highest BCUT2D eigenvalue weighted by atomic mass is 16.3. The van der Waals surface area contributed by atoms with Crippen molar-refractivity contribution in [2.24, 2.45) is 5.73 Å². The summed E-state index contributed by atoms with van der Waals surface area (Å²) in [5, 5.41) is 8.15. The van der Waals surface area contributed by atoms with E-state index < -0.39 is 0 Å².